The lowest BCUT2D eigenvalue weighted by Crippen LogP contribution is -2.13. The zero-order valence-corrected chi connectivity index (χ0v) is 12.4. The number of nitrogens with one attached hydrogen (secondary N) is 2. The molecule has 2 aromatic rings. The highest BCUT2D eigenvalue weighted by Gasteiger charge is 2.20. The Morgan fingerprint density at radius 2 is 2.00 bits per heavy atom. The van der Waals surface area contributed by atoms with Gasteiger partial charge in [0, 0.05) is 10.5 Å². The summed E-state index contributed by atoms with van der Waals surface area (Å²) >= 11 is 3.36. The molecule has 0 bridgehead atoms. The van der Waals surface area contributed by atoms with E-state index in [4.69, 9.17) is 0 Å². The zero-order valence-electron chi connectivity index (χ0n) is 10.8. The summed E-state index contributed by atoms with van der Waals surface area (Å²) in [5.74, 6) is 0.375. The van der Waals surface area contributed by atoms with E-state index in [1.807, 2.05) is 24.3 Å². The molecule has 0 atom stereocenters. The molecule has 1 aromatic heterocycles. The van der Waals surface area contributed by atoms with Crippen LogP contribution in [0, 0.1) is 0 Å². The average molecular weight is 332 g/mol. The van der Waals surface area contributed by atoms with Crippen molar-refractivity contribution in [1.82, 2.24) is 4.98 Å². The van der Waals surface area contributed by atoms with Crippen molar-refractivity contribution in [2.45, 2.75) is 18.9 Å². The minimum atomic E-state index is -0.173. The Morgan fingerprint density at radius 1 is 1.20 bits per heavy atom. The Labute approximate surface area is 125 Å². The molecule has 0 spiro atoms. The maximum Gasteiger partial charge on any atom is 0.257 e. The largest absolute Gasteiger partial charge is 0.381 e. The Morgan fingerprint density at radius 3 is 2.65 bits per heavy atom. The number of benzene rings is 1. The molecule has 1 saturated carbocycles. The fourth-order valence-electron chi connectivity index (χ4n) is 1.85. The van der Waals surface area contributed by atoms with Crippen LogP contribution >= 0.6 is 15.9 Å². The highest BCUT2D eigenvalue weighted by molar-refractivity contribution is 9.10. The van der Waals surface area contributed by atoms with Crippen LogP contribution in [0.25, 0.3) is 0 Å². The van der Waals surface area contributed by atoms with Crippen LogP contribution in [0.4, 0.5) is 11.5 Å². The molecule has 1 aliphatic rings. The summed E-state index contributed by atoms with van der Waals surface area (Å²) in [6.45, 7) is 0. The van der Waals surface area contributed by atoms with E-state index in [1.165, 1.54) is 12.8 Å². The Hall–Kier alpha value is -1.88. The van der Waals surface area contributed by atoms with Crippen molar-refractivity contribution >= 4 is 33.3 Å². The first-order chi connectivity index (χ1) is 9.72. The number of carbonyl (C=O) groups is 1. The quantitative estimate of drug-likeness (QED) is 0.898. The van der Waals surface area contributed by atoms with E-state index in [1.54, 1.807) is 18.3 Å². The highest BCUT2D eigenvalue weighted by Crippen LogP contribution is 2.24. The topological polar surface area (TPSA) is 54.0 Å². The second-order valence-electron chi connectivity index (χ2n) is 4.78. The van der Waals surface area contributed by atoms with Gasteiger partial charge in [-0.3, -0.25) is 4.79 Å². The number of pyridine rings is 1. The molecule has 1 aliphatic carbocycles. The molecule has 102 valence electrons. The van der Waals surface area contributed by atoms with Crippen LogP contribution in [0.3, 0.4) is 0 Å². The van der Waals surface area contributed by atoms with Gasteiger partial charge >= 0.3 is 0 Å². The van der Waals surface area contributed by atoms with Gasteiger partial charge in [-0.05, 0) is 53.0 Å². The lowest BCUT2D eigenvalue weighted by atomic mass is 10.2. The molecule has 1 fully saturated rings. The van der Waals surface area contributed by atoms with Crippen LogP contribution in [0.1, 0.15) is 23.2 Å². The van der Waals surface area contributed by atoms with Crippen LogP contribution in [0.5, 0.6) is 0 Å². The van der Waals surface area contributed by atoms with Gasteiger partial charge in [-0.1, -0.05) is 12.1 Å². The molecule has 0 radical (unpaired) electrons. The van der Waals surface area contributed by atoms with Gasteiger partial charge in [0.2, 0.25) is 0 Å². The molecule has 4 nitrogen and oxygen atoms in total. The number of carbonyl (C=O) groups excluding carboxylic acids is 1. The predicted octanol–water partition coefficient (Wildman–Crippen LogP) is 3.67. The molecular formula is C15H14BrN3O. The first kappa shape index (κ1) is 13.1. The van der Waals surface area contributed by atoms with Crippen molar-refractivity contribution < 1.29 is 4.79 Å². The van der Waals surface area contributed by atoms with Crippen LogP contribution in [-0.2, 0) is 0 Å². The molecular weight excluding hydrogens is 318 g/mol. The fraction of sp³-hybridized carbons (Fsp3) is 0.200. The molecule has 5 heteroatoms. The van der Waals surface area contributed by atoms with Gasteiger partial charge in [0.05, 0.1) is 17.4 Å². The number of anilines is 2. The van der Waals surface area contributed by atoms with Gasteiger partial charge < -0.3 is 10.6 Å². The van der Waals surface area contributed by atoms with E-state index in [0.29, 0.717) is 17.4 Å². The number of amides is 1. The molecule has 0 unspecified atom stereocenters. The van der Waals surface area contributed by atoms with Gasteiger partial charge in [0.15, 0.2) is 0 Å². The average Bonchev–Trinajstić information content (AvgIpc) is 3.25. The Kier molecular flexibility index (Phi) is 3.69. The summed E-state index contributed by atoms with van der Waals surface area (Å²) in [5, 5.41) is 6.14. The minimum absolute atomic E-state index is 0.173. The summed E-state index contributed by atoms with van der Waals surface area (Å²) in [4.78, 5) is 16.4. The predicted molar refractivity (Wildman–Crippen MR) is 83.0 cm³/mol. The van der Waals surface area contributed by atoms with Crippen molar-refractivity contribution in [2.75, 3.05) is 10.6 Å². The summed E-state index contributed by atoms with van der Waals surface area (Å²) < 4.78 is 0.768. The third-order valence-corrected chi connectivity index (χ3v) is 3.76. The molecule has 1 heterocycles. The number of aromatic nitrogens is 1. The SMILES string of the molecule is O=C(Nc1ccc(NC2CC2)cn1)c1ccccc1Br. The standard InChI is InChI=1S/C15H14BrN3O/c16-13-4-2-1-3-12(13)15(20)19-14-8-7-11(9-17-14)18-10-5-6-10/h1-4,7-10,18H,5-6H2,(H,17,19,20). The molecule has 20 heavy (non-hydrogen) atoms. The van der Waals surface area contributed by atoms with Crippen molar-refractivity contribution in [2.24, 2.45) is 0 Å². The molecule has 0 saturated heterocycles. The van der Waals surface area contributed by atoms with Gasteiger partial charge in [-0.2, -0.15) is 0 Å². The normalized spacial score (nSPS) is 13.8. The smallest absolute Gasteiger partial charge is 0.257 e. The number of rotatable bonds is 4. The molecule has 3 rings (SSSR count). The molecule has 2 N–H and O–H groups in total. The lowest BCUT2D eigenvalue weighted by Gasteiger charge is -2.08. The first-order valence-corrected chi connectivity index (χ1v) is 7.30. The number of halogens is 1. The Bertz CT molecular complexity index is 623. The van der Waals surface area contributed by atoms with E-state index in [-0.39, 0.29) is 5.91 Å². The summed E-state index contributed by atoms with van der Waals surface area (Å²) in [6.07, 6.45) is 4.19. The van der Waals surface area contributed by atoms with E-state index < -0.39 is 0 Å². The Balaban J connectivity index is 1.67. The van der Waals surface area contributed by atoms with E-state index in [2.05, 4.69) is 31.5 Å². The van der Waals surface area contributed by atoms with Crippen molar-refractivity contribution in [1.29, 1.82) is 0 Å². The maximum atomic E-state index is 12.1. The monoisotopic (exact) mass is 331 g/mol. The lowest BCUT2D eigenvalue weighted by molar-refractivity contribution is 0.102. The van der Waals surface area contributed by atoms with Crippen LogP contribution < -0.4 is 10.6 Å². The second kappa shape index (κ2) is 5.63. The van der Waals surface area contributed by atoms with Crippen molar-refractivity contribution in [3.05, 3.63) is 52.6 Å². The maximum absolute atomic E-state index is 12.1. The first-order valence-electron chi connectivity index (χ1n) is 6.51. The van der Waals surface area contributed by atoms with Gasteiger partial charge in [0.1, 0.15) is 5.82 Å². The summed E-state index contributed by atoms with van der Waals surface area (Å²) in [6, 6.07) is 11.6. The highest BCUT2D eigenvalue weighted by atomic mass is 79.9. The number of hydrogen-bond acceptors (Lipinski definition) is 3. The van der Waals surface area contributed by atoms with Crippen LogP contribution in [0.2, 0.25) is 0 Å². The third-order valence-electron chi connectivity index (χ3n) is 3.07. The molecule has 1 amide bonds. The minimum Gasteiger partial charge on any atom is -0.381 e. The van der Waals surface area contributed by atoms with E-state index in [0.717, 1.165) is 10.2 Å². The number of hydrogen-bond donors (Lipinski definition) is 2. The van der Waals surface area contributed by atoms with Gasteiger partial charge in [-0.25, -0.2) is 4.98 Å². The van der Waals surface area contributed by atoms with E-state index in [9.17, 15) is 4.79 Å². The summed E-state index contributed by atoms with van der Waals surface area (Å²) in [5.41, 5.74) is 1.58. The zero-order chi connectivity index (χ0) is 13.9. The second-order valence-corrected chi connectivity index (χ2v) is 5.64. The third kappa shape index (κ3) is 3.17. The van der Waals surface area contributed by atoms with Gasteiger partial charge in [0.25, 0.3) is 5.91 Å². The number of nitrogens with zero attached hydrogens (tertiary/aromatic N) is 1. The van der Waals surface area contributed by atoms with Gasteiger partial charge in [-0.15, -0.1) is 0 Å². The van der Waals surface area contributed by atoms with Crippen molar-refractivity contribution in [3.8, 4) is 0 Å². The van der Waals surface area contributed by atoms with E-state index >= 15 is 0 Å². The van der Waals surface area contributed by atoms with Crippen LogP contribution in [0.15, 0.2) is 47.1 Å². The van der Waals surface area contributed by atoms with Crippen molar-refractivity contribution in [3.63, 3.8) is 0 Å². The molecule has 1 aromatic carbocycles. The fourth-order valence-corrected chi connectivity index (χ4v) is 2.31. The van der Waals surface area contributed by atoms with Crippen LogP contribution in [-0.4, -0.2) is 16.9 Å². The molecule has 0 aliphatic heterocycles. The summed E-state index contributed by atoms with van der Waals surface area (Å²) in [7, 11) is 0.